The Morgan fingerprint density at radius 1 is 1.20 bits per heavy atom. The van der Waals surface area contributed by atoms with Crippen LogP contribution in [0.1, 0.15) is 50.0 Å². The van der Waals surface area contributed by atoms with Crippen LogP contribution in [-0.2, 0) is 11.8 Å². The van der Waals surface area contributed by atoms with E-state index in [9.17, 15) is 4.79 Å². The van der Waals surface area contributed by atoms with Crippen molar-refractivity contribution < 1.29 is 9.53 Å². The van der Waals surface area contributed by atoms with Crippen molar-refractivity contribution in [1.82, 2.24) is 20.6 Å². The van der Waals surface area contributed by atoms with Crippen LogP contribution in [0.15, 0.2) is 30.5 Å². The zero-order chi connectivity index (χ0) is 20.7. The number of amides is 1. The molecule has 2 aliphatic carbocycles. The topological polar surface area (TPSA) is 94.2 Å². The molecule has 1 amide bonds. The molecule has 0 radical (unpaired) electrons. The lowest BCUT2D eigenvalue weighted by Gasteiger charge is -2.43. The highest BCUT2D eigenvalue weighted by Gasteiger charge is 2.43. The van der Waals surface area contributed by atoms with Gasteiger partial charge in [-0.25, -0.2) is 5.43 Å². The molecule has 5 rings (SSSR count). The Morgan fingerprint density at radius 2 is 2.00 bits per heavy atom. The molecule has 160 valence electrons. The molecule has 4 N–H and O–H groups in total. The summed E-state index contributed by atoms with van der Waals surface area (Å²) in [5.74, 6) is 1.74. The van der Waals surface area contributed by atoms with Crippen molar-refractivity contribution >= 4 is 5.91 Å². The summed E-state index contributed by atoms with van der Waals surface area (Å²) >= 11 is 0. The van der Waals surface area contributed by atoms with Gasteiger partial charge in [0.1, 0.15) is 5.75 Å². The van der Waals surface area contributed by atoms with E-state index in [2.05, 4.69) is 40.2 Å². The minimum atomic E-state index is 0.0547. The van der Waals surface area contributed by atoms with E-state index in [1.165, 1.54) is 12.0 Å². The van der Waals surface area contributed by atoms with Gasteiger partial charge in [0.2, 0.25) is 5.91 Å². The summed E-state index contributed by atoms with van der Waals surface area (Å²) in [7, 11) is 2.00. The number of benzene rings is 1. The number of ether oxygens (including phenoxy) is 1. The molecule has 3 fully saturated rings. The summed E-state index contributed by atoms with van der Waals surface area (Å²) in [4.78, 5) is 12.3. The van der Waals surface area contributed by atoms with Crippen molar-refractivity contribution in [2.24, 2.45) is 24.6 Å². The Hall–Kier alpha value is -2.38. The average Bonchev–Trinajstić information content (AvgIpc) is 3.13. The van der Waals surface area contributed by atoms with Crippen LogP contribution in [0.4, 0.5) is 0 Å². The standard InChI is InChI=1S/C23H31N5O2/c1-28-22(14-5-8-17(9-6-14)30-16-3-2-4-16)20(13-25-28)15-7-10-18-19(11-15)21(12-24)26-27-23(18)29/h5-6,8-9,13,15-16,18-19,21,26H,2-4,7,10-12,24H2,1H3,(H,27,29). The van der Waals surface area contributed by atoms with Gasteiger partial charge in [0.15, 0.2) is 0 Å². The Bertz CT molecular complexity index is 905. The van der Waals surface area contributed by atoms with Gasteiger partial charge in [0, 0.05) is 36.7 Å². The summed E-state index contributed by atoms with van der Waals surface area (Å²) in [6.45, 7) is 0.524. The molecule has 3 aliphatic rings. The van der Waals surface area contributed by atoms with Crippen LogP contribution >= 0.6 is 0 Å². The number of aromatic nitrogens is 2. The first-order chi connectivity index (χ1) is 14.6. The number of carbonyl (C=O) groups excluding carboxylic acids is 1. The van der Waals surface area contributed by atoms with Crippen LogP contribution in [-0.4, -0.2) is 34.4 Å². The second kappa shape index (κ2) is 8.04. The van der Waals surface area contributed by atoms with Gasteiger partial charge in [0.05, 0.1) is 18.0 Å². The fourth-order valence-corrected chi connectivity index (χ4v) is 5.33. The Labute approximate surface area is 177 Å². The van der Waals surface area contributed by atoms with Crippen LogP contribution in [0.2, 0.25) is 0 Å². The molecule has 2 aromatic rings. The number of hydrogen-bond acceptors (Lipinski definition) is 5. The summed E-state index contributed by atoms with van der Waals surface area (Å²) in [5, 5.41) is 4.59. The van der Waals surface area contributed by atoms with Gasteiger partial charge in [-0.2, -0.15) is 5.10 Å². The van der Waals surface area contributed by atoms with Crippen molar-refractivity contribution in [3.8, 4) is 17.0 Å². The predicted octanol–water partition coefficient (Wildman–Crippen LogP) is 2.48. The predicted molar refractivity (Wildman–Crippen MR) is 115 cm³/mol. The first-order valence-corrected chi connectivity index (χ1v) is 11.2. The maximum absolute atomic E-state index is 12.3. The highest BCUT2D eigenvalue weighted by Crippen LogP contribution is 2.44. The molecule has 1 aliphatic heterocycles. The number of nitrogens with zero attached hydrogens (tertiary/aromatic N) is 2. The highest BCUT2D eigenvalue weighted by atomic mass is 16.5. The van der Waals surface area contributed by atoms with E-state index in [0.29, 0.717) is 18.6 Å². The van der Waals surface area contributed by atoms with E-state index < -0.39 is 0 Å². The van der Waals surface area contributed by atoms with Crippen LogP contribution in [0.25, 0.3) is 11.3 Å². The molecule has 1 saturated heterocycles. The lowest BCUT2D eigenvalue weighted by molar-refractivity contribution is -0.133. The Kier molecular flexibility index (Phi) is 5.25. The maximum atomic E-state index is 12.3. The second-order valence-electron chi connectivity index (χ2n) is 9.02. The van der Waals surface area contributed by atoms with Crippen LogP contribution < -0.4 is 21.3 Å². The molecule has 2 heterocycles. The van der Waals surface area contributed by atoms with Crippen LogP contribution in [0, 0.1) is 11.8 Å². The van der Waals surface area contributed by atoms with Crippen molar-refractivity contribution in [2.75, 3.05) is 6.54 Å². The zero-order valence-corrected chi connectivity index (χ0v) is 17.5. The number of nitrogens with one attached hydrogen (secondary N) is 2. The average molecular weight is 410 g/mol. The van der Waals surface area contributed by atoms with E-state index in [0.717, 1.165) is 49.1 Å². The zero-order valence-electron chi connectivity index (χ0n) is 17.5. The molecular weight excluding hydrogens is 378 g/mol. The van der Waals surface area contributed by atoms with Crippen molar-refractivity contribution in [1.29, 1.82) is 0 Å². The quantitative estimate of drug-likeness (QED) is 0.705. The van der Waals surface area contributed by atoms with Gasteiger partial charge in [-0.05, 0) is 74.6 Å². The number of hydrogen-bond donors (Lipinski definition) is 3. The first-order valence-electron chi connectivity index (χ1n) is 11.2. The van der Waals surface area contributed by atoms with E-state index >= 15 is 0 Å². The summed E-state index contributed by atoms with van der Waals surface area (Å²) in [5.41, 5.74) is 15.5. The molecule has 0 spiro atoms. The number of nitrogens with two attached hydrogens (primary N) is 1. The molecule has 0 bridgehead atoms. The normalized spacial score (nSPS) is 29.1. The van der Waals surface area contributed by atoms with Crippen LogP contribution in [0.5, 0.6) is 5.75 Å². The van der Waals surface area contributed by atoms with Gasteiger partial charge in [-0.1, -0.05) is 0 Å². The summed E-state index contributed by atoms with van der Waals surface area (Å²) in [6.07, 6.45) is 8.82. The van der Waals surface area contributed by atoms with Crippen molar-refractivity contribution in [3.05, 3.63) is 36.0 Å². The SMILES string of the molecule is Cn1ncc(C2CCC3C(=O)NNC(CN)C3C2)c1-c1ccc(OC2CCC2)cc1. The molecule has 1 aromatic carbocycles. The molecule has 7 nitrogen and oxygen atoms in total. The number of hydrazine groups is 1. The van der Waals surface area contributed by atoms with Gasteiger partial charge in [-0.15, -0.1) is 0 Å². The highest BCUT2D eigenvalue weighted by molar-refractivity contribution is 5.79. The van der Waals surface area contributed by atoms with Gasteiger partial charge >= 0.3 is 0 Å². The summed E-state index contributed by atoms with van der Waals surface area (Å²) in [6, 6.07) is 8.54. The Morgan fingerprint density at radius 3 is 2.70 bits per heavy atom. The van der Waals surface area contributed by atoms with E-state index in [-0.39, 0.29) is 23.8 Å². The molecule has 4 atom stereocenters. The minimum Gasteiger partial charge on any atom is -0.490 e. The molecule has 30 heavy (non-hydrogen) atoms. The smallest absolute Gasteiger partial charge is 0.237 e. The Balaban J connectivity index is 1.38. The van der Waals surface area contributed by atoms with E-state index in [1.54, 1.807) is 0 Å². The third-order valence-corrected chi connectivity index (χ3v) is 7.28. The molecule has 1 aromatic heterocycles. The monoisotopic (exact) mass is 409 g/mol. The van der Waals surface area contributed by atoms with Crippen LogP contribution in [0.3, 0.4) is 0 Å². The summed E-state index contributed by atoms with van der Waals surface area (Å²) < 4.78 is 7.98. The first kappa shape index (κ1) is 19.6. The maximum Gasteiger partial charge on any atom is 0.237 e. The van der Waals surface area contributed by atoms with Crippen molar-refractivity contribution in [3.63, 3.8) is 0 Å². The molecular formula is C23H31N5O2. The minimum absolute atomic E-state index is 0.0547. The lowest BCUT2D eigenvalue weighted by Crippen LogP contribution is -2.62. The molecule has 4 unspecified atom stereocenters. The van der Waals surface area contributed by atoms with Crippen molar-refractivity contribution in [2.45, 2.75) is 56.6 Å². The molecule has 2 saturated carbocycles. The number of carbonyl (C=O) groups is 1. The largest absolute Gasteiger partial charge is 0.490 e. The number of rotatable bonds is 5. The van der Waals surface area contributed by atoms with Gasteiger partial charge in [-0.3, -0.25) is 14.9 Å². The third kappa shape index (κ3) is 3.50. The lowest BCUT2D eigenvalue weighted by atomic mass is 9.68. The van der Waals surface area contributed by atoms with Gasteiger partial charge in [0.25, 0.3) is 0 Å². The second-order valence-corrected chi connectivity index (χ2v) is 9.02. The number of aryl methyl sites for hydroxylation is 1. The molecule has 7 heteroatoms. The van der Waals surface area contributed by atoms with E-state index in [4.69, 9.17) is 10.5 Å². The fraction of sp³-hybridized carbons (Fsp3) is 0.565. The van der Waals surface area contributed by atoms with E-state index in [1.807, 2.05) is 17.9 Å². The van der Waals surface area contributed by atoms with Gasteiger partial charge < -0.3 is 10.5 Å². The third-order valence-electron chi connectivity index (χ3n) is 7.28. The number of fused-ring (bicyclic) bond motifs is 1. The fourth-order valence-electron chi connectivity index (χ4n) is 5.33.